The maximum atomic E-state index is 12.2. The van der Waals surface area contributed by atoms with E-state index in [4.69, 9.17) is 9.47 Å². The molecule has 2 rings (SSSR count). The summed E-state index contributed by atoms with van der Waals surface area (Å²) in [6, 6.07) is 9.27. The van der Waals surface area contributed by atoms with E-state index in [0.717, 1.165) is 5.56 Å². The highest BCUT2D eigenvalue weighted by molar-refractivity contribution is 7.89. The average Bonchev–Trinajstić information content (AvgIpc) is 2.54. The molecule has 7 nitrogen and oxygen atoms in total. The van der Waals surface area contributed by atoms with Crippen LogP contribution in [-0.4, -0.2) is 56.9 Å². The van der Waals surface area contributed by atoms with E-state index in [1.165, 1.54) is 4.31 Å². The Hall–Kier alpha value is -1.64. The summed E-state index contributed by atoms with van der Waals surface area (Å²) in [4.78, 5) is 11.6. The summed E-state index contributed by atoms with van der Waals surface area (Å²) in [7, 11) is -3.40. The molecule has 1 N–H and O–H groups in total. The standard InChI is InChI=1S/C15H22N2O5S/c1-13-11-17(8-9-21-13)23(19,20)10-7-16-15(18)22-12-14-5-3-2-4-6-14/h2-6,13H,7-12H2,1H3,(H,16,18). The molecule has 1 aliphatic rings. The number of nitrogens with zero attached hydrogens (tertiary/aromatic N) is 1. The Labute approximate surface area is 136 Å². The Morgan fingerprint density at radius 3 is 2.83 bits per heavy atom. The molecule has 1 amide bonds. The lowest BCUT2D eigenvalue weighted by atomic mass is 10.2. The molecule has 1 atom stereocenters. The molecule has 1 unspecified atom stereocenters. The number of morpholine rings is 1. The fraction of sp³-hybridized carbons (Fsp3) is 0.533. The number of carbonyl (C=O) groups is 1. The summed E-state index contributed by atoms with van der Waals surface area (Å²) in [6.07, 6.45) is -0.735. The van der Waals surface area contributed by atoms with Gasteiger partial charge in [0, 0.05) is 19.6 Å². The Morgan fingerprint density at radius 1 is 1.39 bits per heavy atom. The van der Waals surface area contributed by atoms with E-state index in [1.54, 1.807) is 0 Å². The van der Waals surface area contributed by atoms with E-state index in [9.17, 15) is 13.2 Å². The van der Waals surface area contributed by atoms with Gasteiger partial charge < -0.3 is 14.8 Å². The summed E-state index contributed by atoms with van der Waals surface area (Å²) in [5, 5.41) is 2.46. The second kappa shape index (κ2) is 8.28. The molecule has 0 bridgehead atoms. The summed E-state index contributed by atoms with van der Waals surface area (Å²) in [6.45, 7) is 3.10. The van der Waals surface area contributed by atoms with Gasteiger partial charge in [-0.2, -0.15) is 4.31 Å². The molecule has 1 heterocycles. The quantitative estimate of drug-likeness (QED) is 0.832. The highest BCUT2D eigenvalue weighted by Crippen LogP contribution is 2.09. The van der Waals surface area contributed by atoms with Gasteiger partial charge in [0.05, 0.1) is 18.5 Å². The van der Waals surface area contributed by atoms with E-state index >= 15 is 0 Å². The molecule has 0 aliphatic carbocycles. The van der Waals surface area contributed by atoms with Crippen LogP contribution < -0.4 is 5.32 Å². The number of rotatable bonds is 6. The highest BCUT2D eigenvalue weighted by Gasteiger charge is 2.27. The fourth-order valence-electron chi connectivity index (χ4n) is 2.22. The van der Waals surface area contributed by atoms with Crippen LogP contribution in [0.25, 0.3) is 0 Å². The van der Waals surface area contributed by atoms with Crippen molar-refractivity contribution in [3.63, 3.8) is 0 Å². The number of hydrogen-bond acceptors (Lipinski definition) is 5. The molecular weight excluding hydrogens is 320 g/mol. The third-order valence-corrected chi connectivity index (χ3v) is 5.28. The molecule has 8 heteroatoms. The van der Waals surface area contributed by atoms with Crippen molar-refractivity contribution in [1.82, 2.24) is 9.62 Å². The van der Waals surface area contributed by atoms with Gasteiger partial charge in [-0.1, -0.05) is 30.3 Å². The Balaban J connectivity index is 1.70. The predicted molar refractivity (Wildman–Crippen MR) is 85.4 cm³/mol. The summed E-state index contributed by atoms with van der Waals surface area (Å²) >= 11 is 0. The van der Waals surface area contributed by atoms with Gasteiger partial charge in [-0.15, -0.1) is 0 Å². The molecule has 0 spiro atoms. The van der Waals surface area contributed by atoms with Gasteiger partial charge in [-0.25, -0.2) is 13.2 Å². The van der Waals surface area contributed by atoms with Crippen molar-refractivity contribution < 1.29 is 22.7 Å². The monoisotopic (exact) mass is 342 g/mol. The van der Waals surface area contributed by atoms with E-state index < -0.39 is 16.1 Å². The van der Waals surface area contributed by atoms with Crippen molar-refractivity contribution in [1.29, 1.82) is 0 Å². The number of hydrogen-bond donors (Lipinski definition) is 1. The normalized spacial score (nSPS) is 19.3. The second-order valence-corrected chi connectivity index (χ2v) is 7.43. The zero-order valence-electron chi connectivity index (χ0n) is 13.1. The summed E-state index contributed by atoms with van der Waals surface area (Å²) < 4.78 is 36.1. The van der Waals surface area contributed by atoms with Gasteiger partial charge in [0.1, 0.15) is 6.61 Å². The van der Waals surface area contributed by atoms with Gasteiger partial charge in [-0.05, 0) is 12.5 Å². The van der Waals surface area contributed by atoms with Crippen LogP contribution in [-0.2, 0) is 26.1 Å². The first-order chi connectivity index (χ1) is 11.0. The number of amides is 1. The van der Waals surface area contributed by atoms with Crippen molar-refractivity contribution in [2.75, 3.05) is 32.0 Å². The van der Waals surface area contributed by atoms with Crippen LogP contribution in [0.1, 0.15) is 12.5 Å². The minimum atomic E-state index is -3.40. The van der Waals surface area contributed by atoms with E-state index in [2.05, 4.69) is 5.32 Å². The van der Waals surface area contributed by atoms with Crippen molar-refractivity contribution in [2.24, 2.45) is 0 Å². The minimum Gasteiger partial charge on any atom is -0.445 e. The first kappa shape index (κ1) is 17.7. The minimum absolute atomic E-state index is 0.0156. The maximum Gasteiger partial charge on any atom is 0.407 e. The molecule has 1 aromatic carbocycles. The largest absolute Gasteiger partial charge is 0.445 e. The van der Waals surface area contributed by atoms with Crippen LogP contribution in [0.5, 0.6) is 0 Å². The average molecular weight is 342 g/mol. The van der Waals surface area contributed by atoms with Crippen LogP contribution in [0, 0.1) is 0 Å². The number of nitrogens with one attached hydrogen (secondary N) is 1. The lowest BCUT2D eigenvalue weighted by Gasteiger charge is -2.30. The molecule has 1 saturated heterocycles. The first-order valence-electron chi connectivity index (χ1n) is 7.51. The summed E-state index contributed by atoms with van der Waals surface area (Å²) in [5.74, 6) is -0.153. The zero-order chi connectivity index (χ0) is 16.7. The molecule has 23 heavy (non-hydrogen) atoms. The fourth-order valence-corrected chi connectivity index (χ4v) is 3.63. The van der Waals surface area contributed by atoms with Gasteiger partial charge in [0.2, 0.25) is 10.0 Å². The maximum absolute atomic E-state index is 12.2. The lowest BCUT2D eigenvalue weighted by molar-refractivity contribution is 0.0102. The van der Waals surface area contributed by atoms with E-state index in [-0.39, 0.29) is 25.0 Å². The van der Waals surface area contributed by atoms with E-state index in [1.807, 2.05) is 37.3 Å². The van der Waals surface area contributed by atoms with Crippen LogP contribution in [0.4, 0.5) is 4.79 Å². The first-order valence-corrected chi connectivity index (χ1v) is 9.12. The SMILES string of the molecule is CC1CN(S(=O)(=O)CCNC(=O)OCc2ccccc2)CCO1. The molecule has 0 radical (unpaired) electrons. The topological polar surface area (TPSA) is 84.9 Å². The third-order valence-electron chi connectivity index (χ3n) is 3.44. The number of benzene rings is 1. The number of ether oxygens (including phenoxy) is 2. The van der Waals surface area contributed by atoms with Gasteiger partial charge >= 0.3 is 6.09 Å². The molecule has 1 aromatic rings. The van der Waals surface area contributed by atoms with Crippen molar-refractivity contribution >= 4 is 16.1 Å². The van der Waals surface area contributed by atoms with Gasteiger partial charge in [0.15, 0.2) is 0 Å². The highest BCUT2D eigenvalue weighted by atomic mass is 32.2. The Morgan fingerprint density at radius 2 is 2.13 bits per heavy atom. The lowest BCUT2D eigenvalue weighted by Crippen LogP contribution is -2.46. The number of carbonyl (C=O) groups excluding carboxylic acids is 1. The molecule has 0 aromatic heterocycles. The van der Waals surface area contributed by atoms with Crippen molar-refractivity contribution in [2.45, 2.75) is 19.6 Å². The zero-order valence-corrected chi connectivity index (χ0v) is 13.9. The van der Waals surface area contributed by atoms with Crippen LogP contribution in [0.15, 0.2) is 30.3 Å². The van der Waals surface area contributed by atoms with Gasteiger partial charge in [-0.3, -0.25) is 0 Å². The molecule has 1 aliphatic heterocycles. The molecule has 128 valence electrons. The molecule has 1 fully saturated rings. The Bertz CT molecular complexity index is 606. The van der Waals surface area contributed by atoms with Gasteiger partial charge in [0.25, 0.3) is 0 Å². The van der Waals surface area contributed by atoms with E-state index in [0.29, 0.717) is 19.7 Å². The Kier molecular flexibility index (Phi) is 6.37. The van der Waals surface area contributed by atoms with Crippen LogP contribution in [0.2, 0.25) is 0 Å². The van der Waals surface area contributed by atoms with Crippen molar-refractivity contribution in [3.05, 3.63) is 35.9 Å². The second-order valence-electron chi connectivity index (χ2n) is 5.34. The smallest absolute Gasteiger partial charge is 0.407 e. The third kappa shape index (κ3) is 5.81. The summed E-state index contributed by atoms with van der Waals surface area (Å²) in [5.41, 5.74) is 0.873. The molecular formula is C15H22N2O5S. The number of sulfonamides is 1. The predicted octanol–water partition coefficient (Wildman–Crippen LogP) is 0.963. The number of alkyl carbamates (subject to hydrolysis) is 1. The van der Waals surface area contributed by atoms with Crippen LogP contribution >= 0.6 is 0 Å². The van der Waals surface area contributed by atoms with Crippen LogP contribution in [0.3, 0.4) is 0 Å². The van der Waals surface area contributed by atoms with Crippen molar-refractivity contribution in [3.8, 4) is 0 Å². The molecule has 0 saturated carbocycles.